The van der Waals surface area contributed by atoms with E-state index in [0.29, 0.717) is 22.4 Å². The molecule has 24 heavy (non-hydrogen) atoms. The zero-order chi connectivity index (χ0) is 17.0. The van der Waals surface area contributed by atoms with Gasteiger partial charge in [-0.2, -0.15) is 0 Å². The lowest BCUT2D eigenvalue weighted by molar-refractivity contribution is -0.0526. The fourth-order valence-corrected chi connectivity index (χ4v) is 2.98. The van der Waals surface area contributed by atoms with Crippen LogP contribution < -0.4 is 4.74 Å². The van der Waals surface area contributed by atoms with Gasteiger partial charge in [-0.1, -0.05) is 78.9 Å². The number of hydrogen-bond acceptors (Lipinski definition) is 3. The summed E-state index contributed by atoms with van der Waals surface area (Å²) in [4.78, 5) is 0. The highest BCUT2D eigenvalue weighted by Gasteiger charge is 2.41. The van der Waals surface area contributed by atoms with Crippen LogP contribution in [0.3, 0.4) is 0 Å². The molecule has 3 aromatic carbocycles. The summed E-state index contributed by atoms with van der Waals surface area (Å²) in [5.74, 6) is 0.537. The molecule has 2 N–H and O–H groups in total. The summed E-state index contributed by atoms with van der Waals surface area (Å²) in [5.41, 5.74) is 0.191. The minimum Gasteiger partial charge on any atom is -0.496 e. The molecular formula is C21H20O3. The summed E-state index contributed by atoms with van der Waals surface area (Å²) >= 11 is 0. The first kappa shape index (κ1) is 16.2. The van der Waals surface area contributed by atoms with Crippen LogP contribution in [0, 0.1) is 0 Å². The van der Waals surface area contributed by atoms with Crippen molar-refractivity contribution in [1.82, 2.24) is 0 Å². The van der Waals surface area contributed by atoms with Crippen LogP contribution in [0.15, 0.2) is 84.9 Å². The lowest BCUT2D eigenvalue weighted by Gasteiger charge is -2.35. The van der Waals surface area contributed by atoms with Crippen molar-refractivity contribution in [3.05, 3.63) is 102 Å². The van der Waals surface area contributed by atoms with E-state index in [1.807, 2.05) is 72.8 Å². The minimum absolute atomic E-state index is 0.537. The normalized spacial score (nSPS) is 12.6. The number of para-hydroxylation sites is 1. The Balaban J connectivity index is 2.19. The Bertz CT molecular complexity index is 745. The van der Waals surface area contributed by atoms with E-state index < -0.39 is 11.7 Å². The average Bonchev–Trinajstić information content (AvgIpc) is 2.68. The number of methoxy groups -OCH3 is 1. The predicted molar refractivity (Wildman–Crippen MR) is 93.8 cm³/mol. The first-order valence-electron chi connectivity index (χ1n) is 7.82. The Labute approximate surface area is 141 Å². The third kappa shape index (κ3) is 2.80. The van der Waals surface area contributed by atoms with Gasteiger partial charge in [0.25, 0.3) is 0 Å². The highest BCUT2D eigenvalue weighted by molar-refractivity contribution is 5.44. The van der Waals surface area contributed by atoms with Gasteiger partial charge in [-0.3, -0.25) is 0 Å². The van der Waals surface area contributed by atoms with E-state index in [2.05, 4.69) is 0 Å². The lowest BCUT2D eigenvalue weighted by atomic mass is 9.79. The first-order chi connectivity index (χ1) is 11.7. The molecule has 0 radical (unpaired) electrons. The second-order valence-corrected chi connectivity index (χ2v) is 5.64. The summed E-state index contributed by atoms with van der Waals surface area (Å²) in [6.45, 7) is 0. The summed E-state index contributed by atoms with van der Waals surface area (Å²) in [7, 11) is 1.55. The highest BCUT2D eigenvalue weighted by Crippen LogP contribution is 2.43. The van der Waals surface area contributed by atoms with Gasteiger partial charge in [0.2, 0.25) is 0 Å². The second-order valence-electron chi connectivity index (χ2n) is 5.64. The number of benzene rings is 3. The third-order valence-electron chi connectivity index (χ3n) is 4.26. The molecular weight excluding hydrogens is 300 g/mol. The molecule has 122 valence electrons. The van der Waals surface area contributed by atoms with Crippen LogP contribution in [0.2, 0.25) is 0 Å². The molecule has 0 aromatic heterocycles. The van der Waals surface area contributed by atoms with Crippen LogP contribution in [-0.2, 0) is 5.60 Å². The van der Waals surface area contributed by atoms with Crippen molar-refractivity contribution in [1.29, 1.82) is 0 Å². The Morgan fingerprint density at radius 3 is 1.71 bits per heavy atom. The van der Waals surface area contributed by atoms with Crippen molar-refractivity contribution in [2.75, 3.05) is 7.11 Å². The van der Waals surface area contributed by atoms with Crippen LogP contribution in [-0.4, -0.2) is 17.3 Å². The smallest absolute Gasteiger partial charge is 0.145 e. The van der Waals surface area contributed by atoms with Gasteiger partial charge < -0.3 is 14.9 Å². The number of ether oxygens (including phenoxy) is 1. The Hall–Kier alpha value is -2.62. The summed E-state index contributed by atoms with van der Waals surface area (Å²) < 4.78 is 5.36. The Kier molecular flexibility index (Phi) is 4.65. The molecule has 1 atom stereocenters. The minimum atomic E-state index is -1.59. The lowest BCUT2D eigenvalue weighted by Crippen LogP contribution is -2.35. The van der Waals surface area contributed by atoms with E-state index in [4.69, 9.17) is 4.74 Å². The quantitative estimate of drug-likeness (QED) is 0.754. The molecule has 0 aliphatic heterocycles. The number of rotatable bonds is 5. The monoisotopic (exact) mass is 320 g/mol. The molecule has 0 bridgehead atoms. The fraction of sp³-hybridized carbons (Fsp3) is 0.143. The van der Waals surface area contributed by atoms with Gasteiger partial charge in [0.05, 0.1) is 7.11 Å². The maximum absolute atomic E-state index is 11.6. The predicted octanol–water partition coefficient (Wildman–Crippen LogP) is 3.66. The molecule has 0 saturated heterocycles. The van der Waals surface area contributed by atoms with Crippen molar-refractivity contribution in [2.24, 2.45) is 0 Å². The van der Waals surface area contributed by atoms with Gasteiger partial charge in [-0.05, 0) is 17.2 Å². The van der Waals surface area contributed by atoms with Crippen LogP contribution in [0.4, 0.5) is 0 Å². The molecule has 0 aliphatic rings. The van der Waals surface area contributed by atoms with E-state index in [1.54, 1.807) is 19.2 Å². The molecule has 0 spiro atoms. The van der Waals surface area contributed by atoms with E-state index in [0.717, 1.165) is 0 Å². The van der Waals surface area contributed by atoms with Crippen molar-refractivity contribution in [3.63, 3.8) is 0 Å². The van der Waals surface area contributed by atoms with Crippen LogP contribution in [0.1, 0.15) is 22.8 Å². The molecule has 0 heterocycles. The van der Waals surface area contributed by atoms with Crippen molar-refractivity contribution >= 4 is 0 Å². The molecule has 3 aromatic rings. The molecule has 3 nitrogen and oxygen atoms in total. The summed E-state index contributed by atoms with van der Waals surface area (Å²) in [5, 5.41) is 22.7. The molecule has 0 fully saturated rings. The topological polar surface area (TPSA) is 49.7 Å². The summed E-state index contributed by atoms with van der Waals surface area (Å²) in [6.07, 6.45) is -1.18. The molecule has 3 rings (SSSR count). The molecule has 0 amide bonds. The summed E-state index contributed by atoms with van der Waals surface area (Å²) in [6, 6.07) is 25.6. The van der Waals surface area contributed by atoms with Crippen LogP contribution in [0.25, 0.3) is 0 Å². The number of aliphatic hydroxyl groups excluding tert-OH is 1. The van der Waals surface area contributed by atoms with Gasteiger partial charge in [0.1, 0.15) is 17.5 Å². The van der Waals surface area contributed by atoms with Crippen molar-refractivity contribution in [2.45, 2.75) is 11.7 Å². The molecule has 3 heteroatoms. The van der Waals surface area contributed by atoms with Crippen molar-refractivity contribution < 1.29 is 14.9 Å². The molecule has 0 aliphatic carbocycles. The zero-order valence-corrected chi connectivity index (χ0v) is 13.5. The molecule has 0 saturated carbocycles. The first-order valence-corrected chi connectivity index (χ1v) is 7.82. The number of hydrogen-bond donors (Lipinski definition) is 2. The Morgan fingerprint density at radius 1 is 0.750 bits per heavy atom. The highest BCUT2D eigenvalue weighted by atomic mass is 16.5. The fourth-order valence-electron chi connectivity index (χ4n) is 2.98. The van der Waals surface area contributed by atoms with Gasteiger partial charge in [-0.25, -0.2) is 0 Å². The standard InChI is InChI=1S/C21H20O3/c1-24-19-15-9-8-14-18(19)20(22)21(23,16-10-4-2-5-11-16)17-12-6-3-7-13-17/h2-15,20,22-23H,1H3. The molecule has 1 unspecified atom stereocenters. The number of aliphatic hydroxyl groups is 2. The SMILES string of the molecule is COc1ccccc1C(O)C(O)(c1ccccc1)c1ccccc1. The van der Waals surface area contributed by atoms with Gasteiger partial charge in [0, 0.05) is 5.56 Å². The van der Waals surface area contributed by atoms with E-state index >= 15 is 0 Å². The Morgan fingerprint density at radius 2 is 1.21 bits per heavy atom. The zero-order valence-electron chi connectivity index (χ0n) is 13.5. The van der Waals surface area contributed by atoms with E-state index in [9.17, 15) is 10.2 Å². The van der Waals surface area contributed by atoms with Gasteiger partial charge >= 0.3 is 0 Å². The maximum Gasteiger partial charge on any atom is 0.145 e. The van der Waals surface area contributed by atoms with Crippen LogP contribution in [0.5, 0.6) is 5.75 Å². The van der Waals surface area contributed by atoms with Gasteiger partial charge in [0.15, 0.2) is 0 Å². The maximum atomic E-state index is 11.6. The van der Waals surface area contributed by atoms with E-state index in [-0.39, 0.29) is 0 Å². The van der Waals surface area contributed by atoms with Crippen LogP contribution >= 0.6 is 0 Å². The van der Waals surface area contributed by atoms with E-state index in [1.165, 1.54) is 0 Å². The second kappa shape index (κ2) is 6.87. The largest absolute Gasteiger partial charge is 0.496 e. The van der Waals surface area contributed by atoms with Crippen molar-refractivity contribution in [3.8, 4) is 5.75 Å². The van der Waals surface area contributed by atoms with Gasteiger partial charge in [-0.15, -0.1) is 0 Å². The average molecular weight is 320 g/mol. The third-order valence-corrected chi connectivity index (χ3v) is 4.26.